The Morgan fingerprint density at radius 1 is 1.15 bits per heavy atom. The minimum absolute atomic E-state index is 0.263. The molecular formula is C18H14BrN7O. The number of benzene rings is 2. The minimum Gasteiger partial charge on any atom is -0.321 e. The van der Waals surface area contributed by atoms with E-state index < -0.39 is 0 Å². The summed E-state index contributed by atoms with van der Waals surface area (Å²) in [6.45, 7) is 1.93. The van der Waals surface area contributed by atoms with Crippen molar-refractivity contribution in [1.29, 1.82) is 0 Å². The first kappa shape index (κ1) is 17.1. The quantitative estimate of drug-likeness (QED) is 0.523. The maximum Gasteiger partial charge on any atom is 0.273 e. The van der Waals surface area contributed by atoms with Crippen LogP contribution in [0, 0.1) is 6.92 Å². The molecule has 0 radical (unpaired) electrons. The van der Waals surface area contributed by atoms with Gasteiger partial charge in [0.05, 0.1) is 11.4 Å². The van der Waals surface area contributed by atoms with Crippen LogP contribution >= 0.6 is 15.9 Å². The highest BCUT2D eigenvalue weighted by Crippen LogP contribution is 2.22. The SMILES string of the molecule is Cc1cc(NC(=O)c2cc(-c3ccc(Br)cc3)n[nH]2)ccc1-n1cnnn1. The van der Waals surface area contributed by atoms with Gasteiger partial charge in [0.15, 0.2) is 0 Å². The fourth-order valence-corrected chi connectivity index (χ4v) is 2.93. The van der Waals surface area contributed by atoms with Crippen molar-refractivity contribution in [3.8, 4) is 16.9 Å². The molecule has 1 amide bonds. The summed E-state index contributed by atoms with van der Waals surface area (Å²) in [5, 5.41) is 21.0. The Morgan fingerprint density at radius 2 is 1.96 bits per heavy atom. The van der Waals surface area contributed by atoms with Crippen molar-refractivity contribution in [2.45, 2.75) is 6.92 Å². The number of aryl methyl sites for hydroxylation is 1. The standard InChI is InChI=1S/C18H14BrN7O/c1-11-8-14(6-7-17(11)26-10-20-24-25-26)21-18(27)16-9-15(22-23-16)12-2-4-13(19)5-3-12/h2-10H,1H3,(H,21,27)(H,22,23). The second-order valence-electron chi connectivity index (χ2n) is 5.88. The van der Waals surface area contributed by atoms with E-state index in [0.717, 1.165) is 21.3 Å². The molecule has 2 heterocycles. The van der Waals surface area contributed by atoms with Crippen LogP contribution in [0.4, 0.5) is 5.69 Å². The maximum absolute atomic E-state index is 12.5. The van der Waals surface area contributed by atoms with Crippen molar-refractivity contribution >= 4 is 27.5 Å². The molecule has 0 aliphatic rings. The van der Waals surface area contributed by atoms with Gasteiger partial charge in [-0.15, -0.1) is 5.10 Å². The highest BCUT2D eigenvalue weighted by atomic mass is 79.9. The molecule has 0 saturated heterocycles. The van der Waals surface area contributed by atoms with Crippen molar-refractivity contribution in [3.05, 3.63) is 70.6 Å². The molecule has 0 unspecified atom stereocenters. The summed E-state index contributed by atoms with van der Waals surface area (Å²) in [7, 11) is 0. The Balaban J connectivity index is 1.51. The zero-order valence-electron chi connectivity index (χ0n) is 14.2. The molecule has 2 aromatic heterocycles. The normalized spacial score (nSPS) is 10.7. The summed E-state index contributed by atoms with van der Waals surface area (Å²) >= 11 is 3.40. The number of nitrogens with one attached hydrogen (secondary N) is 2. The number of carbonyl (C=O) groups excluding carboxylic acids is 1. The summed E-state index contributed by atoms with van der Waals surface area (Å²) in [4.78, 5) is 12.5. The third-order valence-electron chi connectivity index (χ3n) is 4.01. The van der Waals surface area contributed by atoms with Gasteiger partial charge in [-0.25, -0.2) is 4.68 Å². The van der Waals surface area contributed by atoms with E-state index in [2.05, 4.69) is 47.0 Å². The van der Waals surface area contributed by atoms with E-state index in [1.807, 2.05) is 43.3 Å². The molecule has 0 spiro atoms. The summed E-state index contributed by atoms with van der Waals surface area (Å²) in [5.41, 5.74) is 4.47. The maximum atomic E-state index is 12.5. The lowest BCUT2D eigenvalue weighted by molar-refractivity contribution is 0.102. The molecule has 2 N–H and O–H groups in total. The minimum atomic E-state index is -0.263. The molecule has 4 aromatic rings. The van der Waals surface area contributed by atoms with Crippen molar-refractivity contribution in [3.63, 3.8) is 0 Å². The average molecular weight is 424 g/mol. The highest BCUT2D eigenvalue weighted by Gasteiger charge is 2.12. The third-order valence-corrected chi connectivity index (χ3v) is 4.54. The largest absolute Gasteiger partial charge is 0.321 e. The smallest absolute Gasteiger partial charge is 0.273 e. The van der Waals surface area contributed by atoms with E-state index in [-0.39, 0.29) is 5.91 Å². The fraction of sp³-hybridized carbons (Fsp3) is 0.0556. The van der Waals surface area contributed by atoms with E-state index >= 15 is 0 Å². The Labute approximate surface area is 162 Å². The van der Waals surface area contributed by atoms with Gasteiger partial charge < -0.3 is 5.32 Å². The lowest BCUT2D eigenvalue weighted by Crippen LogP contribution is -2.12. The summed E-state index contributed by atoms with van der Waals surface area (Å²) in [6, 6.07) is 15.0. The van der Waals surface area contributed by atoms with Crippen LogP contribution in [0.15, 0.2) is 59.3 Å². The van der Waals surface area contributed by atoms with Gasteiger partial charge in [0.1, 0.15) is 12.0 Å². The number of halogens is 1. The predicted molar refractivity (Wildman–Crippen MR) is 104 cm³/mol. The van der Waals surface area contributed by atoms with E-state index in [1.165, 1.54) is 6.33 Å². The molecule has 9 heteroatoms. The fourth-order valence-electron chi connectivity index (χ4n) is 2.67. The van der Waals surface area contributed by atoms with Crippen LogP contribution in [0.25, 0.3) is 16.9 Å². The molecule has 0 bridgehead atoms. The van der Waals surface area contributed by atoms with Crippen LogP contribution in [0.5, 0.6) is 0 Å². The van der Waals surface area contributed by atoms with Gasteiger partial charge in [0.25, 0.3) is 5.91 Å². The first-order valence-electron chi connectivity index (χ1n) is 8.07. The number of H-pyrrole nitrogens is 1. The Morgan fingerprint density at radius 3 is 2.67 bits per heavy atom. The monoisotopic (exact) mass is 423 g/mol. The van der Waals surface area contributed by atoms with Crippen LogP contribution in [0.2, 0.25) is 0 Å². The van der Waals surface area contributed by atoms with Crippen LogP contribution in [0.1, 0.15) is 16.1 Å². The van der Waals surface area contributed by atoms with E-state index in [1.54, 1.807) is 16.8 Å². The lowest BCUT2D eigenvalue weighted by atomic mass is 10.1. The van der Waals surface area contributed by atoms with Crippen molar-refractivity contribution < 1.29 is 4.79 Å². The van der Waals surface area contributed by atoms with E-state index in [0.29, 0.717) is 17.1 Å². The van der Waals surface area contributed by atoms with E-state index in [4.69, 9.17) is 0 Å². The topological polar surface area (TPSA) is 101 Å². The number of carbonyl (C=O) groups is 1. The van der Waals surface area contributed by atoms with Gasteiger partial charge in [-0.3, -0.25) is 9.89 Å². The van der Waals surface area contributed by atoms with Crippen molar-refractivity contribution in [2.24, 2.45) is 0 Å². The van der Waals surface area contributed by atoms with Crippen LogP contribution in [-0.4, -0.2) is 36.3 Å². The number of nitrogens with zero attached hydrogens (tertiary/aromatic N) is 5. The molecular weight excluding hydrogens is 410 g/mol. The van der Waals surface area contributed by atoms with Crippen molar-refractivity contribution in [2.75, 3.05) is 5.32 Å². The molecule has 0 fully saturated rings. The number of tetrazole rings is 1. The Hall–Kier alpha value is -3.33. The van der Waals surface area contributed by atoms with Gasteiger partial charge in [0.2, 0.25) is 0 Å². The number of hydrogen-bond donors (Lipinski definition) is 2. The molecule has 0 saturated carbocycles. The molecule has 0 aliphatic carbocycles. The second-order valence-corrected chi connectivity index (χ2v) is 6.80. The van der Waals surface area contributed by atoms with E-state index in [9.17, 15) is 4.79 Å². The number of amides is 1. The number of rotatable bonds is 4. The summed E-state index contributed by atoms with van der Waals surface area (Å²) < 4.78 is 2.56. The summed E-state index contributed by atoms with van der Waals surface area (Å²) in [5.74, 6) is -0.263. The second kappa shape index (κ2) is 7.12. The number of aromatic amines is 1. The number of hydrogen-bond acceptors (Lipinski definition) is 5. The van der Waals surface area contributed by atoms with Crippen LogP contribution in [-0.2, 0) is 0 Å². The zero-order valence-corrected chi connectivity index (χ0v) is 15.8. The zero-order chi connectivity index (χ0) is 18.8. The molecule has 0 atom stereocenters. The Bertz CT molecular complexity index is 1090. The van der Waals surface area contributed by atoms with Gasteiger partial charge in [-0.2, -0.15) is 5.10 Å². The van der Waals surface area contributed by atoms with Gasteiger partial charge in [-0.1, -0.05) is 28.1 Å². The first-order chi connectivity index (χ1) is 13.1. The Kier molecular flexibility index (Phi) is 4.51. The molecule has 2 aromatic carbocycles. The molecule has 134 valence electrons. The molecule has 0 aliphatic heterocycles. The molecule has 4 rings (SSSR count). The molecule has 8 nitrogen and oxygen atoms in total. The van der Waals surface area contributed by atoms with Gasteiger partial charge in [0, 0.05) is 15.7 Å². The predicted octanol–water partition coefficient (Wildman–Crippen LogP) is 3.38. The lowest BCUT2D eigenvalue weighted by Gasteiger charge is -2.08. The summed E-state index contributed by atoms with van der Waals surface area (Å²) in [6.07, 6.45) is 1.52. The van der Waals surface area contributed by atoms with Gasteiger partial charge in [-0.05, 0) is 59.3 Å². The molecule has 27 heavy (non-hydrogen) atoms. The highest BCUT2D eigenvalue weighted by molar-refractivity contribution is 9.10. The van der Waals surface area contributed by atoms with Gasteiger partial charge >= 0.3 is 0 Å². The third kappa shape index (κ3) is 3.63. The average Bonchev–Trinajstić information content (AvgIpc) is 3.35. The first-order valence-corrected chi connectivity index (χ1v) is 8.86. The number of anilines is 1. The van der Waals surface area contributed by atoms with Crippen molar-refractivity contribution in [1.82, 2.24) is 30.4 Å². The van der Waals surface area contributed by atoms with Crippen LogP contribution < -0.4 is 5.32 Å². The van der Waals surface area contributed by atoms with Crippen LogP contribution in [0.3, 0.4) is 0 Å². The number of aromatic nitrogens is 6.